The molecule has 4 nitrogen and oxygen atoms in total. The van der Waals surface area contributed by atoms with Gasteiger partial charge in [0.1, 0.15) is 11.6 Å². The lowest BCUT2D eigenvalue weighted by molar-refractivity contribution is -0.125. The van der Waals surface area contributed by atoms with Crippen LogP contribution in [0, 0.1) is 30.4 Å². The number of carbonyl (C=O) groups excluding carboxylic acids is 2. The van der Waals surface area contributed by atoms with Gasteiger partial charge in [-0.2, -0.15) is 0 Å². The molecule has 1 aliphatic carbocycles. The Hall–Kier alpha value is -2.76. The van der Waals surface area contributed by atoms with Crippen molar-refractivity contribution in [3.05, 3.63) is 59.7 Å². The van der Waals surface area contributed by atoms with Crippen LogP contribution >= 0.6 is 0 Å². The van der Waals surface area contributed by atoms with E-state index in [2.05, 4.69) is 10.6 Å². The molecule has 2 N–H and O–H groups in total. The first-order chi connectivity index (χ1) is 12.9. The third kappa shape index (κ3) is 4.90. The number of amides is 2. The van der Waals surface area contributed by atoms with Crippen LogP contribution in [-0.2, 0) is 9.59 Å². The first kappa shape index (κ1) is 19.0. The monoisotopic (exact) mass is 372 g/mol. The molecule has 3 rings (SSSR count). The van der Waals surface area contributed by atoms with Gasteiger partial charge in [0.2, 0.25) is 11.8 Å². The molecule has 0 atom stereocenters. The van der Waals surface area contributed by atoms with Crippen LogP contribution in [0.2, 0.25) is 0 Å². The van der Waals surface area contributed by atoms with E-state index in [-0.39, 0.29) is 29.3 Å². The minimum Gasteiger partial charge on any atom is -0.326 e. The van der Waals surface area contributed by atoms with Gasteiger partial charge in [0.15, 0.2) is 0 Å². The third-order valence-corrected chi connectivity index (χ3v) is 4.94. The van der Waals surface area contributed by atoms with Crippen LogP contribution in [0.1, 0.15) is 31.2 Å². The summed E-state index contributed by atoms with van der Waals surface area (Å²) in [5.74, 6) is -2.24. The Morgan fingerprint density at radius 2 is 1.52 bits per heavy atom. The molecule has 6 heteroatoms. The Morgan fingerprint density at radius 1 is 0.889 bits per heavy atom. The zero-order chi connectivity index (χ0) is 19.4. The second kappa shape index (κ2) is 8.29. The smallest absolute Gasteiger partial charge is 0.227 e. The van der Waals surface area contributed by atoms with Crippen LogP contribution in [0.15, 0.2) is 42.5 Å². The highest BCUT2D eigenvalue weighted by Gasteiger charge is 2.30. The first-order valence-electron chi connectivity index (χ1n) is 9.06. The Morgan fingerprint density at radius 3 is 2.11 bits per heavy atom. The average Bonchev–Trinajstić information content (AvgIpc) is 2.64. The lowest BCUT2D eigenvalue weighted by Crippen LogP contribution is -2.32. The van der Waals surface area contributed by atoms with Gasteiger partial charge in [-0.05, 0) is 62.4 Å². The highest BCUT2D eigenvalue weighted by atomic mass is 19.1. The molecule has 2 aromatic carbocycles. The number of hydrogen-bond donors (Lipinski definition) is 2. The standard InChI is InChI=1S/C21H22F2N2O2/c1-13-3-2-4-17(11-13)24-20(26)14-5-7-15(8-6-14)21(27)25-19-10-9-16(22)12-18(19)23/h2-4,9-12,14-15H,5-8H2,1H3,(H,24,26)(H,25,27). The van der Waals surface area contributed by atoms with Crippen molar-refractivity contribution in [1.82, 2.24) is 0 Å². The molecule has 1 fully saturated rings. The average molecular weight is 372 g/mol. The summed E-state index contributed by atoms with van der Waals surface area (Å²) in [5, 5.41) is 5.44. The van der Waals surface area contributed by atoms with Crippen molar-refractivity contribution in [2.45, 2.75) is 32.6 Å². The minimum atomic E-state index is -0.797. The molecular formula is C21H22F2N2O2. The molecular weight excluding hydrogens is 350 g/mol. The summed E-state index contributed by atoms with van der Waals surface area (Å²) < 4.78 is 26.6. The lowest BCUT2D eigenvalue weighted by atomic mass is 9.81. The number of benzene rings is 2. The van der Waals surface area contributed by atoms with E-state index in [4.69, 9.17) is 0 Å². The SMILES string of the molecule is Cc1cccc(NC(=O)C2CCC(C(=O)Nc3ccc(F)cc3F)CC2)c1. The Bertz CT molecular complexity index is 846. The summed E-state index contributed by atoms with van der Waals surface area (Å²) >= 11 is 0. The van der Waals surface area contributed by atoms with Gasteiger partial charge in [0, 0.05) is 23.6 Å². The summed E-state index contributed by atoms with van der Waals surface area (Å²) in [5.41, 5.74) is 1.81. The van der Waals surface area contributed by atoms with Gasteiger partial charge in [-0.25, -0.2) is 8.78 Å². The maximum Gasteiger partial charge on any atom is 0.227 e. The van der Waals surface area contributed by atoms with Crippen molar-refractivity contribution >= 4 is 23.2 Å². The van der Waals surface area contributed by atoms with Gasteiger partial charge in [0.05, 0.1) is 5.69 Å². The fraction of sp³-hybridized carbons (Fsp3) is 0.333. The number of rotatable bonds is 4. The van der Waals surface area contributed by atoms with E-state index < -0.39 is 11.6 Å². The molecule has 0 heterocycles. The molecule has 2 aromatic rings. The molecule has 0 aliphatic heterocycles. The summed E-state index contributed by atoms with van der Waals surface area (Å²) in [6.07, 6.45) is 2.31. The number of hydrogen-bond acceptors (Lipinski definition) is 2. The third-order valence-electron chi connectivity index (χ3n) is 4.94. The maximum atomic E-state index is 13.7. The Labute approximate surface area is 157 Å². The van der Waals surface area contributed by atoms with E-state index in [0.29, 0.717) is 25.7 Å². The molecule has 0 spiro atoms. The van der Waals surface area contributed by atoms with Crippen LogP contribution in [0.3, 0.4) is 0 Å². The number of nitrogens with one attached hydrogen (secondary N) is 2. The van der Waals surface area contributed by atoms with E-state index in [1.165, 1.54) is 6.07 Å². The zero-order valence-corrected chi connectivity index (χ0v) is 15.1. The molecule has 0 bridgehead atoms. The fourth-order valence-corrected chi connectivity index (χ4v) is 3.41. The molecule has 1 aliphatic rings. The van der Waals surface area contributed by atoms with Crippen molar-refractivity contribution < 1.29 is 18.4 Å². The van der Waals surface area contributed by atoms with E-state index in [9.17, 15) is 18.4 Å². The largest absolute Gasteiger partial charge is 0.326 e. The molecule has 0 aromatic heterocycles. The summed E-state index contributed by atoms with van der Waals surface area (Å²) in [4.78, 5) is 24.8. The minimum absolute atomic E-state index is 0.0271. The van der Waals surface area contributed by atoms with Crippen molar-refractivity contribution in [1.29, 1.82) is 0 Å². The van der Waals surface area contributed by atoms with Crippen LogP contribution < -0.4 is 10.6 Å². The fourth-order valence-electron chi connectivity index (χ4n) is 3.41. The molecule has 142 valence electrons. The van der Waals surface area contributed by atoms with Gasteiger partial charge in [-0.1, -0.05) is 12.1 Å². The van der Waals surface area contributed by atoms with Crippen LogP contribution in [0.25, 0.3) is 0 Å². The maximum absolute atomic E-state index is 13.7. The molecule has 0 unspecified atom stereocenters. The summed E-state index contributed by atoms with van der Waals surface area (Å²) in [6.45, 7) is 1.96. The molecule has 1 saturated carbocycles. The first-order valence-corrected chi connectivity index (χ1v) is 9.06. The highest BCUT2D eigenvalue weighted by molar-refractivity contribution is 5.94. The zero-order valence-electron chi connectivity index (χ0n) is 15.1. The predicted octanol–water partition coefficient (Wildman–Crippen LogP) is 4.66. The Kier molecular flexibility index (Phi) is 5.84. The highest BCUT2D eigenvalue weighted by Crippen LogP contribution is 2.31. The lowest BCUT2D eigenvalue weighted by Gasteiger charge is -2.27. The molecule has 27 heavy (non-hydrogen) atoms. The van der Waals surface area contributed by atoms with E-state index in [1.54, 1.807) is 0 Å². The number of aryl methyl sites for hydroxylation is 1. The van der Waals surface area contributed by atoms with E-state index in [0.717, 1.165) is 23.4 Å². The van der Waals surface area contributed by atoms with Crippen LogP contribution in [0.4, 0.5) is 20.2 Å². The van der Waals surface area contributed by atoms with Gasteiger partial charge in [-0.15, -0.1) is 0 Å². The molecule has 0 radical (unpaired) electrons. The second-order valence-corrected chi connectivity index (χ2v) is 7.02. The molecule has 0 saturated heterocycles. The quantitative estimate of drug-likeness (QED) is 0.820. The second-order valence-electron chi connectivity index (χ2n) is 7.02. The summed E-state index contributed by atoms with van der Waals surface area (Å²) in [7, 11) is 0. The van der Waals surface area contributed by atoms with E-state index >= 15 is 0 Å². The summed E-state index contributed by atoms with van der Waals surface area (Å²) in [6, 6.07) is 10.7. The molecule has 2 amide bonds. The predicted molar refractivity (Wildman–Crippen MR) is 100 cm³/mol. The topological polar surface area (TPSA) is 58.2 Å². The number of anilines is 2. The normalized spacial score (nSPS) is 19.4. The van der Waals surface area contributed by atoms with Crippen molar-refractivity contribution in [2.75, 3.05) is 10.6 Å². The van der Waals surface area contributed by atoms with Crippen LogP contribution in [0.5, 0.6) is 0 Å². The Balaban J connectivity index is 1.52. The van der Waals surface area contributed by atoms with Gasteiger partial charge < -0.3 is 10.6 Å². The van der Waals surface area contributed by atoms with Crippen molar-refractivity contribution in [3.8, 4) is 0 Å². The van der Waals surface area contributed by atoms with E-state index in [1.807, 2.05) is 31.2 Å². The van der Waals surface area contributed by atoms with Crippen LogP contribution in [-0.4, -0.2) is 11.8 Å². The van der Waals surface area contributed by atoms with Gasteiger partial charge in [-0.3, -0.25) is 9.59 Å². The van der Waals surface area contributed by atoms with Crippen molar-refractivity contribution in [3.63, 3.8) is 0 Å². The van der Waals surface area contributed by atoms with Gasteiger partial charge >= 0.3 is 0 Å². The number of carbonyl (C=O) groups is 2. The van der Waals surface area contributed by atoms with Gasteiger partial charge in [0.25, 0.3) is 0 Å². The number of halogens is 2. The van der Waals surface area contributed by atoms with Crippen molar-refractivity contribution in [2.24, 2.45) is 11.8 Å².